The number of nitrogen functional groups attached to an aromatic ring is 1. The van der Waals surface area contributed by atoms with Gasteiger partial charge >= 0.3 is 0 Å². The van der Waals surface area contributed by atoms with Gasteiger partial charge in [-0.1, -0.05) is 35.4 Å². The second-order valence-electron chi connectivity index (χ2n) is 5.82. The molecule has 2 N–H and O–H groups in total. The first-order valence-corrected chi connectivity index (χ1v) is 8.74. The topological polar surface area (TPSA) is 65.1 Å². The van der Waals surface area contributed by atoms with E-state index >= 15 is 0 Å². The summed E-state index contributed by atoms with van der Waals surface area (Å²) >= 11 is 6.22. The van der Waals surface area contributed by atoms with Gasteiger partial charge in [0.1, 0.15) is 4.75 Å². The van der Waals surface area contributed by atoms with Crippen LogP contribution in [0.2, 0.25) is 5.02 Å². The van der Waals surface area contributed by atoms with E-state index in [1.807, 2.05) is 19.1 Å². The summed E-state index contributed by atoms with van der Waals surface area (Å²) < 4.78 is 26.6. The fourth-order valence-electron chi connectivity index (χ4n) is 2.89. The SMILES string of the molecule is CC1=CC(C)(S(=O)(=O)n2ccc3c(N)ccc(Cl)c32)CC=C1. The Hall–Kier alpha value is -1.72. The van der Waals surface area contributed by atoms with Gasteiger partial charge in [-0.2, -0.15) is 0 Å². The Morgan fingerprint density at radius 3 is 2.73 bits per heavy atom. The maximum absolute atomic E-state index is 13.2. The Labute approximate surface area is 134 Å². The summed E-state index contributed by atoms with van der Waals surface area (Å²) in [5.74, 6) is 0. The van der Waals surface area contributed by atoms with Crippen molar-refractivity contribution in [2.24, 2.45) is 0 Å². The maximum atomic E-state index is 13.2. The summed E-state index contributed by atoms with van der Waals surface area (Å²) in [5.41, 5.74) is 7.80. The highest BCUT2D eigenvalue weighted by Gasteiger charge is 2.39. The zero-order valence-electron chi connectivity index (χ0n) is 12.4. The van der Waals surface area contributed by atoms with Crippen LogP contribution >= 0.6 is 11.6 Å². The molecule has 0 bridgehead atoms. The normalized spacial score (nSPS) is 22.0. The number of hydrogen-bond acceptors (Lipinski definition) is 3. The molecule has 6 heteroatoms. The second kappa shape index (κ2) is 4.89. The minimum absolute atomic E-state index is 0.369. The Balaban J connectivity index is 2.28. The van der Waals surface area contributed by atoms with Gasteiger partial charge in [0.05, 0.1) is 10.5 Å². The van der Waals surface area contributed by atoms with E-state index in [9.17, 15) is 8.42 Å². The van der Waals surface area contributed by atoms with E-state index < -0.39 is 14.8 Å². The Morgan fingerprint density at radius 1 is 1.32 bits per heavy atom. The first kappa shape index (κ1) is 15.2. The van der Waals surface area contributed by atoms with Gasteiger partial charge in [0.25, 0.3) is 0 Å². The molecule has 0 saturated carbocycles. The van der Waals surface area contributed by atoms with Crippen molar-refractivity contribution in [1.29, 1.82) is 0 Å². The fourth-order valence-corrected chi connectivity index (χ4v) is 4.94. The van der Waals surface area contributed by atoms with Crippen LogP contribution in [0.3, 0.4) is 0 Å². The molecule has 0 saturated heterocycles. The molecule has 1 atom stereocenters. The zero-order chi connectivity index (χ0) is 16.1. The van der Waals surface area contributed by atoms with E-state index in [1.165, 1.54) is 10.2 Å². The number of rotatable bonds is 2. The number of fused-ring (bicyclic) bond motifs is 1. The predicted octanol–water partition coefficient (Wildman–Crippen LogP) is 3.72. The van der Waals surface area contributed by atoms with Gasteiger partial charge in [0.2, 0.25) is 10.0 Å². The number of anilines is 1. The van der Waals surface area contributed by atoms with Crippen LogP contribution in [0.1, 0.15) is 20.3 Å². The standard InChI is InChI=1S/C16H17ClN2O2S/c1-11-4-3-8-16(2,10-11)22(20,21)19-9-7-12-14(18)6-5-13(17)15(12)19/h3-7,9-10H,8,18H2,1-2H3. The Kier molecular flexibility index (Phi) is 3.38. The quantitative estimate of drug-likeness (QED) is 0.850. The highest BCUT2D eigenvalue weighted by Crippen LogP contribution is 2.36. The third-order valence-corrected chi connectivity index (χ3v) is 6.67. The van der Waals surface area contributed by atoms with E-state index in [2.05, 4.69) is 0 Å². The van der Waals surface area contributed by atoms with Gasteiger partial charge in [0, 0.05) is 17.3 Å². The summed E-state index contributed by atoms with van der Waals surface area (Å²) in [6, 6.07) is 4.98. The Morgan fingerprint density at radius 2 is 2.05 bits per heavy atom. The summed E-state index contributed by atoms with van der Waals surface area (Å²) in [4.78, 5) is 0. The van der Waals surface area contributed by atoms with Crippen molar-refractivity contribution in [1.82, 2.24) is 3.97 Å². The molecule has 0 radical (unpaired) electrons. The smallest absolute Gasteiger partial charge is 0.248 e. The molecular formula is C16H17ClN2O2S. The monoisotopic (exact) mass is 336 g/mol. The van der Waals surface area contributed by atoms with E-state index in [0.29, 0.717) is 28.0 Å². The van der Waals surface area contributed by atoms with Gasteiger partial charge < -0.3 is 5.73 Å². The first-order valence-electron chi connectivity index (χ1n) is 6.92. The summed E-state index contributed by atoms with van der Waals surface area (Å²) in [6.07, 6.45) is 7.54. The molecule has 1 aromatic heterocycles. The van der Waals surface area contributed by atoms with Gasteiger partial charge in [-0.15, -0.1) is 0 Å². The molecule has 4 nitrogen and oxygen atoms in total. The molecule has 3 rings (SSSR count). The third kappa shape index (κ3) is 2.08. The van der Waals surface area contributed by atoms with E-state index in [0.717, 1.165) is 5.57 Å². The average molecular weight is 337 g/mol. The lowest BCUT2D eigenvalue weighted by molar-refractivity contribution is 0.554. The summed E-state index contributed by atoms with van der Waals surface area (Å²) in [7, 11) is -3.67. The number of aromatic nitrogens is 1. The first-order chi connectivity index (χ1) is 10.3. The van der Waals surface area contributed by atoms with Gasteiger partial charge in [-0.05, 0) is 38.5 Å². The number of allylic oxidation sites excluding steroid dienone is 3. The van der Waals surface area contributed by atoms with Crippen molar-refractivity contribution in [3.63, 3.8) is 0 Å². The zero-order valence-corrected chi connectivity index (χ0v) is 13.9. The molecule has 0 fully saturated rings. The molecule has 116 valence electrons. The van der Waals surface area contributed by atoms with Crippen molar-refractivity contribution in [2.45, 2.75) is 25.0 Å². The summed E-state index contributed by atoms with van der Waals surface area (Å²) in [5, 5.41) is 1.01. The second-order valence-corrected chi connectivity index (χ2v) is 8.51. The Bertz CT molecular complexity index is 925. The number of hydrogen-bond donors (Lipinski definition) is 1. The molecule has 22 heavy (non-hydrogen) atoms. The number of nitrogens with two attached hydrogens (primary N) is 1. The van der Waals surface area contributed by atoms with Crippen molar-refractivity contribution in [3.05, 3.63) is 53.2 Å². The van der Waals surface area contributed by atoms with Crippen LogP contribution in [-0.4, -0.2) is 17.1 Å². The number of benzene rings is 1. The van der Waals surface area contributed by atoms with Crippen LogP contribution in [0.15, 0.2) is 48.2 Å². The third-order valence-electron chi connectivity index (χ3n) is 4.08. The highest BCUT2D eigenvalue weighted by atomic mass is 35.5. The molecule has 0 amide bonds. The summed E-state index contributed by atoms with van der Waals surface area (Å²) in [6.45, 7) is 3.61. The lowest BCUT2D eigenvalue weighted by Gasteiger charge is -2.28. The minimum atomic E-state index is -3.67. The largest absolute Gasteiger partial charge is 0.398 e. The molecule has 1 aliphatic rings. The van der Waals surface area contributed by atoms with Crippen LogP contribution in [0.25, 0.3) is 10.9 Å². The van der Waals surface area contributed by atoms with Crippen molar-refractivity contribution < 1.29 is 8.42 Å². The molecule has 0 aliphatic heterocycles. The fraction of sp³-hybridized carbons (Fsp3) is 0.250. The van der Waals surface area contributed by atoms with Crippen LogP contribution in [0.5, 0.6) is 0 Å². The number of nitrogens with zero attached hydrogens (tertiary/aromatic N) is 1. The van der Waals surface area contributed by atoms with Gasteiger partial charge in [-0.3, -0.25) is 0 Å². The van der Waals surface area contributed by atoms with Crippen LogP contribution in [0.4, 0.5) is 5.69 Å². The van der Waals surface area contributed by atoms with Gasteiger partial charge in [0.15, 0.2) is 0 Å². The van der Waals surface area contributed by atoms with Crippen molar-refractivity contribution in [2.75, 3.05) is 5.73 Å². The average Bonchev–Trinajstić information content (AvgIpc) is 2.89. The highest BCUT2D eigenvalue weighted by molar-refractivity contribution is 7.91. The van der Waals surface area contributed by atoms with Crippen molar-refractivity contribution >= 4 is 38.2 Å². The van der Waals surface area contributed by atoms with Gasteiger partial charge in [-0.25, -0.2) is 12.4 Å². The predicted molar refractivity (Wildman–Crippen MR) is 91.6 cm³/mol. The molecule has 1 heterocycles. The van der Waals surface area contributed by atoms with E-state index in [1.54, 1.807) is 31.2 Å². The maximum Gasteiger partial charge on any atom is 0.248 e. The van der Waals surface area contributed by atoms with Crippen molar-refractivity contribution in [3.8, 4) is 0 Å². The van der Waals surface area contributed by atoms with Crippen LogP contribution in [0, 0.1) is 0 Å². The molecular weight excluding hydrogens is 320 g/mol. The lowest BCUT2D eigenvalue weighted by atomic mass is 9.98. The lowest BCUT2D eigenvalue weighted by Crippen LogP contribution is -2.38. The molecule has 1 aliphatic carbocycles. The molecule has 1 unspecified atom stereocenters. The minimum Gasteiger partial charge on any atom is -0.398 e. The number of halogens is 1. The van der Waals surface area contributed by atoms with E-state index in [4.69, 9.17) is 17.3 Å². The van der Waals surface area contributed by atoms with Crippen LogP contribution in [-0.2, 0) is 10.0 Å². The molecule has 2 aromatic rings. The van der Waals surface area contributed by atoms with E-state index in [-0.39, 0.29) is 0 Å². The van der Waals surface area contributed by atoms with Crippen LogP contribution < -0.4 is 5.73 Å². The molecule has 1 aromatic carbocycles. The molecule has 0 spiro atoms.